The third-order valence-corrected chi connectivity index (χ3v) is 4.77. The molecule has 0 spiro atoms. The van der Waals surface area contributed by atoms with Crippen LogP contribution in [-0.2, 0) is 24.2 Å². The van der Waals surface area contributed by atoms with E-state index in [1.54, 1.807) is 12.1 Å². The number of amides is 1. The molecule has 0 saturated heterocycles. The van der Waals surface area contributed by atoms with Crippen molar-refractivity contribution < 1.29 is 22.7 Å². The first kappa shape index (κ1) is 17.5. The van der Waals surface area contributed by atoms with Crippen LogP contribution in [0.3, 0.4) is 0 Å². The zero-order chi connectivity index (χ0) is 16.0. The van der Waals surface area contributed by atoms with E-state index in [-0.39, 0.29) is 10.8 Å². The van der Waals surface area contributed by atoms with Gasteiger partial charge in [0.1, 0.15) is 6.04 Å². The van der Waals surface area contributed by atoms with Crippen LogP contribution in [0, 0.1) is 0 Å². The van der Waals surface area contributed by atoms with Crippen molar-refractivity contribution >= 4 is 33.5 Å². The fourth-order valence-corrected chi connectivity index (χ4v) is 3.06. The Bertz CT molecular complexity index is 610. The van der Waals surface area contributed by atoms with E-state index in [9.17, 15) is 18.0 Å². The lowest BCUT2D eigenvalue weighted by atomic mass is 10.3. The Hall–Kier alpha value is -1.54. The first-order chi connectivity index (χ1) is 9.74. The number of hydrogen-bond acceptors (Lipinski definition) is 6. The minimum atomic E-state index is -3.22. The summed E-state index contributed by atoms with van der Waals surface area (Å²) in [4.78, 5) is 23.6. The molecule has 0 radical (unpaired) electrons. The van der Waals surface area contributed by atoms with Crippen LogP contribution in [0.4, 0.5) is 0 Å². The number of sulfone groups is 1. The van der Waals surface area contributed by atoms with E-state index in [1.165, 1.54) is 37.9 Å². The van der Waals surface area contributed by atoms with Crippen molar-refractivity contribution in [3.8, 4) is 0 Å². The molecule has 6 nitrogen and oxygen atoms in total. The lowest BCUT2D eigenvalue weighted by Gasteiger charge is -2.15. The Morgan fingerprint density at radius 1 is 1.29 bits per heavy atom. The molecular formula is C13H17NO5S2. The molecule has 0 aromatic heterocycles. The maximum Gasteiger partial charge on any atom is 0.329 e. The van der Waals surface area contributed by atoms with Crippen LogP contribution in [0.2, 0.25) is 0 Å². The van der Waals surface area contributed by atoms with Crippen LogP contribution in [-0.4, -0.2) is 45.5 Å². The maximum absolute atomic E-state index is 11.5. The lowest BCUT2D eigenvalue weighted by molar-refractivity contribution is -0.144. The summed E-state index contributed by atoms with van der Waals surface area (Å²) in [7, 11) is -1.97. The molecule has 0 aliphatic rings. The molecule has 1 unspecified atom stereocenters. The number of rotatable bonds is 6. The number of carbonyl (C=O) groups excluding carboxylic acids is 2. The lowest BCUT2D eigenvalue weighted by Crippen LogP contribution is -2.42. The Morgan fingerprint density at radius 2 is 1.86 bits per heavy atom. The van der Waals surface area contributed by atoms with Gasteiger partial charge < -0.3 is 10.1 Å². The van der Waals surface area contributed by atoms with Gasteiger partial charge in [-0.25, -0.2) is 13.2 Å². The summed E-state index contributed by atoms with van der Waals surface area (Å²) in [6.45, 7) is 1.32. The summed E-state index contributed by atoms with van der Waals surface area (Å²) in [5.41, 5.74) is 0. The van der Waals surface area contributed by atoms with Crippen LogP contribution in [0.15, 0.2) is 34.1 Å². The number of nitrogens with one attached hydrogen (secondary N) is 1. The second-order valence-electron chi connectivity index (χ2n) is 4.33. The second kappa shape index (κ2) is 7.46. The zero-order valence-electron chi connectivity index (χ0n) is 12.0. The van der Waals surface area contributed by atoms with Gasteiger partial charge in [-0.2, -0.15) is 0 Å². The molecule has 0 heterocycles. The standard InChI is InChI=1S/C13H17NO5S2/c1-9(15)14-12(13(16)19-2)8-20-10-4-6-11(7-5-10)21(3,17)18/h4-7,12H,8H2,1-3H3,(H,14,15). The summed E-state index contributed by atoms with van der Waals surface area (Å²) in [6, 6.07) is 5.57. The van der Waals surface area contributed by atoms with Gasteiger partial charge in [0.15, 0.2) is 9.84 Å². The van der Waals surface area contributed by atoms with Crippen molar-refractivity contribution in [2.45, 2.75) is 22.8 Å². The number of esters is 1. The number of benzene rings is 1. The largest absolute Gasteiger partial charge is 0.467 e. The Morgan fingerprint density at radius 3 is 2.29 bits per heavy atom. The quantitative estimate of drug-likeness (QED) is 0.614. The number of hydrogen-bond donors (Lipinski definition) is 1. The number of carbonyl (C=O) groups is 2. The van der Waals surface area contributed by atoms with Crippen molar-refractivity contribution in [1.29, 1.82) is 0 Å². The zero-order valence-corrected chi connectivity index (χ0v) is 13.6. The van der Waals surface area contributed by atoms with E-state index in [2.05, 4.69) is 10.1 Å². The molecule has 1 rings (SSSR count). The van der Waals surface area contributed by atoms with Crippen LogP contribution >= 0.6 is 11.8 Å². The fraction of sp³-hybridized carbons (Fsp3) is 0.385. The predicted octanol–water partition coefficient (Wildman–Crippen LogP) is 0.860. The fourth-order valence-electron chi connectivity index (χ4n) is 1.52. The highest BCUT2D eigenvalue weighted by Crippen LogP contribution is 2.21. The highest BCUT2D eigenvalue weighted by atomic mass is 32.2. The van der Waals surface area contributed by atoms with Gasteiger partial charge in [-0.3, -0.25) is 4.79 Å². The SMILES string of the molecule is COC(=O)C(CSc1ccc(S(C)(=O)=O)cc1)NC(C)=O. The van der Waals surface area contributed by atoms with Crippen LogP contribution in [0.5, 0.6) is 0 Å². The molecule has 0 aliphatic heterocycles. The Labute approximate surface area is 128 Å². The van der Waals surface area contributed by atoms with Gasteiger partial charge >= 0.3 is 5.97 Å². The first-order valence-corrected chi connectivity index (χ1v) is 8.89. The van der Waals surface area contributed by atoms with E-state index in [0.29, 0.717) is 5.75 Å². The molecule has 0 saturated carbocycles. The first-order valence-electron chi connectivity index (χ1n) is 6.02. The summed E-state index contributed by atoms with van der Waals surface area (Å²) in [6.07, 6.45) is 1.14. The van der Waals surface area contributed by atoms with E-state index < -0.39 is 21.8 Å². The van der Waals surface area contributed by atoms with Gasteiger partial charge in [-0.05, 0) is 24.3 Å². The van der Waals surface area contributed by atoms with Crippen molar-refractivity contribution in [1.82, 2.24) is 5.32 Å². The van der Waals surface area contributed by atoms with Gasteiger partial charge in [0.2, 0.25) is 5.91 Å². The molecule has 0 fully saturated rings. The number of ether oxygens (including phenoxy) is 1. The van der Waals surface area contributed by atoms with Crippen LogP contribution < -0.4 is 5.32 Å². The molecule has 1 N–H and O–H groups in total. The molecule has 1 aromatic carbocycles. The van der Waals surface area contributed by atoms with E-state index in [0.717, 1.165) is 11.2 Å². The topological polar surface area (TPSA) is 89.5 Å². The molecule has 21 heavy (non-hydrogen) atoms. The van der Waals surface area contributed by atoms with Gasteiger partial charge in [-0.15, -0.1) is 11.8 Å². The molecule has 0 bridgehead atoms. The minimum Gasteiger partial charge on any atom is -0.467 e. The van der Waals surface area contributed by atoms with Crippen molar-refractivity contribution in [2.75, 3.05) is 19.1 Å². The number of methoxy groups -OCH3 is 1. The highest BCUT2D eigenvalue weighted by Gasteiger charge is 2.20. The van der Waals surface area contributed by atoms with Crippen molar-refractivity contribution in [3.05, 3.63) is 24.3 Å². The van der Waals surface area contributed by atoms with Gasteiger partial charge in [0.05, 0.1) is 12.0 Å². The summed E-state index contributed by atoms with van der Waals surface area (Å²) in [5.74, 6) is -0.548. The van der Waals surface area contributed by atoms with Crippen molar-refractivity contribution in [3.63, 3.8) is 0 Å². The predicted molar refractivity (Wildman–Crippen MR) is 79.9 cm³/mol. The molecule has 1 atom stereocenters. The van der Waals surface area contributed by atoms with E-state index in [1.807, 2.05) is 0 Å². The molecule has 1 aromatic rings. The monoisotopic (exact) mass is 331 g/mol. The minimum absolute atomic E-state index is 0.234. The summed E-state index contributed by atoms with van der Waals surface area (Å²) >= 11 is 1.32. The van der Waals surface area contributed by atoms with E-state index in [4.69, 9.17) is 0 Å². The van der Waals surface area contributed by atoms with Crippen molar-refractivity contribution in [2.24, 2.45) is 0 Å². The normalized spacial score (nSPS) is 12.5. The Balaban J connectivity index is 2.72. The van der Waals surface area contributed by atoms with Crippen LogP contribution in [0.1, 0.15) is 6.92 Å². The average molecular weight is 331 g/mol. The second-order valence-corrected chi connectivity index (χ2v) is 7.44. The summed E-state index contributed by atoms with van der Waals surface area (Å²) < 4.78 is 27.3. The van der Waals surface area contributed by atoms with Gasteiger partial charge in [0, 0.05) is 23.8 Å². The Kier molecular flexibility index (Phi) is 6.22. The third-order valence-electron chi connectivity index (χ3n) is 2.53. The van der Waals surface area contributed by atoms with Gasteiger partial charge in [-0.1, -0.05) is 0 Å². The van der Waals surface area contributed by atoms with Crippen LogP contribution in [0.25, 0.3) is 0 Å². The molecular weight excluding hydrogens is 314 g/mol. The smallest absolute Gasteiger partial charge is 0.329 e. The number of thioether (sulfide) groups is 1. The summed E-state index contributed by atoms with van der Waals surface area (Å²) in [5, 5.41) is 2.51. The molecule has 116 valence electrons. The third kappa shape index (κ3) is 5.76. The maximum atomic E-state index is 11.5. The molecule has 8 heteroatoms. The van der Waals surface area contributed by atoms with Gasteiger partial charge in [0.25, 0.3) is 0 Å². The highest BCUT2D eigenvalue weighted by molar-refractivity contribution is 7.99. The molecule has 0 aliphatic carbocycles. The molecule has 1 amide bonds. The van der Waals surface area contributed by atoms with E-state index >= 15 is 0 Å². The average Bonchev–Trinajstić information content (AvgIpc) is 2.41.